The molecule has 0 radical (unpaired) electrons. The molecule has 1 aliphatic rings. The first-order valence-electron chi connectivity index (χ1n) is 7.59. The fourth-order valence-corrected chi connectivity index (χ4v) is 4.28. The smallest absolute Gasteiger partial charge is 0.214 e. The number of nitrogens with one attached hydrogen (secondary N) is 1. The Hall–Kier alpha value is -1.37. The van der Waals surface area contributed by atoms with E-state index in [1.807, 2.05) is 33.3 Å². The number of hydrogen-bond donors (Lipinski definition) is 1. The Morgan fingerprint density at radius 3 is 2.64 bits per heavy atom. The third kappa shape index (κ3) is 2.91. The lowest BCUT2D eigenvalue weighted by atomic mass is 10.1. The van der Waals surface area contributed by atoms with Crippen molar-refractivity contribution in [2.45, 2.75) is 24.1 Å². The van der Waals surface area contributed by atoms with Gasteiger partial charge in [0.2, 0.25) is 10.0 Å². The van der Waals surface area contributed by atoms with Gasteiger partial charge in [-0.2, -0.15) is 0 Å². The third-order valence-corrected chi connectivity index (χ3v) is 6.27. The van der Waals surface area contributed by atoms with Crippen LogP contribution < -0.4 is 4.72 Å². The first-order valence-corrected chi connectivity index (χ1v) is 9.13. The van der Waals surface area contributed by atoms with E-state index in [4.69, 9.17) is 0 Å². The molecule has 1 atom stereocenters. The van der Waals surface area contributed by atoms with Crippen LogP contribution in [-0.2, 0) is 17.1 Å². The summed E-state index contributed by atoms with van der Waals surface area (Å²) in [5, 5.41) is 0.997. The van der Waals surface area contributed by atoms with Crippen LogP contribution in [0, 0.1) is 0 Å². The van der Waals surface area contributed by atoms with Crippen molar-refractivity contribution in [2.75, 3.05) is 20.6 Å². The van der Waals surface area contributed by atoms with E-state index >= 15 is 0 Å². The summed E-state index contributed by atoms with van der Waals surface area (Å²) < 4.78 is 29.1. The standard InChI is InChI=1S/C16H23N3O2S/c1-18(2)16(10-17-22(20,21)12-8-9-12)14-11-19(3)15-7-5-4-6-13(14)15/h4-7,11-12,16-17H,8-10H2,1-3H3/t16-/m1/s1. The van der Waals surface area contributed by atoms with Crippen LogP contribution in [0.5, 0.6) is 0 Å². The number of likely N-dealkylation sites (N-methyl/N-ethyl adjacent to an activating group) is 1. The monoisotopic (exact) mass is 321 g/mol. The van der Waals surface area contributed by atoms with Crippen LogP contribution in [0.3, 0.4) is 0 Å². The van der Waals surface area contributed by atoms with Gasteiger partial charge in [0, 0.05) is 36.7 Å². The first kappa shape index (κ1) is 15.5. The van der Waals surface area contributed by atoms with Crippen LogP contribution >= 0.6 is 0 Å². The number of para-hydroxylation sites is 1. The predicted molar refractivity (Wildman–Crippen MR) is 89.3 cm³/mol. The number of rotatable bonds is 6. The summed E-state index contributed by atoms with van der Waals surface area (Å²) in [4.78, 5) is 2.07. The summed E-state index contributed by atoms with van der Waals surface area (Å²) in [6.45, 7) is 0.403. The van der Waals surface area contributed by atoms with Crippen molar-refractivity contribution in [3.63, 3.8) is 0 Å². The SMILES string of the molecule is CN(C)[C@H](CNS(=O)(=O)C1CC1)c1cn(C)c2ccccc12. The maximum atomic E-state index is 12.1. The van der Waals surface area contributed by atoms with Gasteiger partial charge in [-0.15, -0.1) is 0 Å². The zero-order chi connectivity index (χ0) is 15.9. The van der Waals surface area contributed by atoms with Crippen LogP contribution in [0.15, 0.2) is 30.5 Å². The van der Waals surface area contributed by atoms with Crippen molar-refractivity contribution < 1.29 is 8.42 Å². The zero-order valence-electron chi connectivity index (χ0n) is 13.3. The van der Waals surface area contributed by atoms with Crippen LogP contribution in [0.25, 0.3) is 10.9 Å². The highest BCUT2D eigenvalue weighted by molar-refractivity contribution is 7.90. The number of benzene rings is 1. The molecular formula is C16H23N3O2S. The molecule has 6 heteroatoms. The normalized spacial score (nSPS) is 17.3. The van der Waals surface area contributed by atoms with E-state index in [1.165, 1.54) is 5.39 Å². The van der Waals surface area contributed by atoms with E-state index in [0.717, 1.165) is 23.9 Å². The van der Waals surface area contributed by atoms with Crippen molar-refractivity contribution in [1.82, 2.24) is 14.2 Å². The van der Waals surface area contributed by atoms with Crippen molar-refractivity contribution >= 4 is 20.9 Å². The summed E-state index contributed by atoms with van der Waals surface area (Å²) in [5.74, 6) is 0. The van der Waals surface area contributed by atoms with Crippen molar-refractivity contribution in [1.29, 1.82) is 0 Å². The quantitative estimate of drug-likeness (QED) is 0.883. The summed E-state index contributed by atoms with van der Waals surface area (Å²) >= 11 is 0. The molecule has 0 unspecified atom stereocenters. The fourth-order valence-electron chi connectivity index (χ4n) is 2.90. The van der Waals surface area contributed by atoms with Crippen LogP contribution in [-0.4, -0.2) is 43.8 Å². The molecular weight excluding hydrogens is 298 g/mol. The second-order valence-electron chi connectivity index (χ2n) is 6.28. The van der Waals surface area contributed by atoms with E-state index in [-0.39, 0.29) is 11.3 Å². The molecule has 0 saturated heterocycles. The van der Waals surface area contributed by atoms with Crippen LogP contribution in [0.4, 0.5) is 0 Å². The number of aromatic nitrogens is 1. The Balaban J connectivity index is 1.90. The number of sulfonamides is 1. The highest BCUT2D eigenvalue weighted by Crippen LogP contribution is 2.30. The fraction of sp³-hybridized carbons (Fsp3) is 0.500. The summed E-state index contributed by atoms with van der Waals surface area (Å²) in [7, 11) is 2.84. The van der Waals surface area contributed by atoms with Gasteiger partial charge in [-0.1, -0.05) is 18.2 Å². The van der Waals surface area contributed by atoms with E-state index in [2.05, 4.69) is 32.5 Å². The number of fused-ring (bicyclic) bond motifs is 1. The molecule has 1 fully saturated rings. The molecule has 120 valence electrons. The van der Waals surface area contributed by atoms with Gasteiger partial charge in [0.05, 0.1) is 5.25 Å². The summed E-state index contributed by atoms with van der Waals surface area (Å²) in [6.07, 6.45) is 3.67. The van der Waals surface area contributed by atoms with Gasteiger partial charge in [-0.3, -0.25) is 0 Å². The molecule has 22 heavy (non-hydrogen) atoms. The largest absolute Gasteiger partial charge is 0.350 e. The van der Waals surface area contributed by atoms with Gasteiger partial charge in [0.15, 0.2) is 0 Å². The van der Waals surface area contributed by atoms with E-state index < -0.39 is 10.0 Å². The molecule has 0 amide bonds. The minimum Gasteiger partial charge on any atom is -0.350 e. The van der Waals surface area contributed by atoms with Gasteiger partial charge >= 0.3 is 0 Å². The Morgan fingerprint density at radius 1 is 1.32 bits per heavy atom. The molecule has 1 aliphatic carbocycles. The van der Waals surface area contributed by atoms with Gasteiger partial charge in [0.1, 0.15) is 0 Å². The third-order valence-electron chi connectivity index (χ3n) is 4.35. The molecule has 2 aromatic rings. The van der Waals surface area contributed by atoms with Crippen molar-refractivity contribution in [3.8, 4) is 0 Å². The molecule has 0 bridgehead atoms. The molecule has 1 heterocycles. The highest BCUT2D eigenvalue weighted by atomic mass is 32.2. The Labute approximate surface area is 132 Å². The summed E-state index contributed by atoms with van der Waals surface area (Å²) in [6, 6.07) is 8.23. The van der Waals surface area contributed by atoms with E-state index in [1.54, 1.807) is 0 Å². The molecule has 3 rings (SSSR count). The Kier molecular flexibility index (Phi) is 4.01. The van der Waals surface area contributed by atoms with Crippen LogP contribution in [0.1, 0.15) is 24.4 Å². The second kappa shape index (κ2) is 5.68. The predicted octanol–water partition coefficient (Wildman–Crippen LogP) is 1.86. The molecule has 1 saturated carbocycles. The average Bonchev–Trinajstić information content (AvgIpc) is 3.27. The molecule has 5 nitrogen and oxygen atoms in total. The maximum Gasteiger partial charge on any atom is 0.214 e. The van der Waals surface area contributed by atoms with Gasteiger partial charge < -0.3 is 9.47 Å². The zero-order valence-corrected chi connectivity index (χ0v) is 14.1. The van der Waals surface area contributed by atoms with E-state index in [0.29, 0.717) is 6.54 Å². The second-order valence-corrected chi connectivity index (χ2v) is 8.33. The molecule has 0 aliphatic heterocycles. The minimum absolute atomic E-state index is 0.0135. The first-order chi connectivity index (χ1) is 10.4. The maximum absolute atomic E-state index is 12.1. The topological polar surface area (TPSA) is 54.3 Å². The minimum atomic E-state index is -3.15. The lowest BCUT2D eigenvalue weighted by Crippen LogP contribution is -2.36. The lowest BCUT2D eigenvalue weighted by molar-refractivity contribution is 0.301. The van der Waals surface area contributed by atoms with Gasteiger partial charge in [-0.25, -0.2) is 13.1 Å². The molecule has 0 spiro atoms. The number of nitrogens with zero attached hydrogens (tertiary/aromatic N) is 2. The Morgan fingerprint density at radius 2 is 2.00 bits per heavy atom. The molecule has 1 aromatic heterocycles. The molecule has 1 aromatic carbocycles. The Bertz CT molecular complexity index is 776. The summed E-state index contributed by atoms with van der Waals surface area (Å²) in [5.41, 5.74) is 2.32. The van der Waals surface area contributed by atoms with E-state index in [9.17, 15) is 8.42 Å². The van der Waals surface area contributed by atoms with Crippen molar-refractivity contribution in [2.24, 2.45) is 7.05 Å². The van der Waals surface area contributed by atoms with Crippen molar-refractivity contribution in [3.05, 3.63) is 36.0 Å². The highest BCUT2D eigenvalue weighted by Gasteiger charge is 2.36. The average molecular weight is 321 g/mol. The molecule has 1 N–H and O–H groups in total. The van der Waals surface area contributed by atoms with Gasteiger partial charge in [0.25, 0.3) is 0 Å². The number of aryl methyl sites for hydroxylation is 1. The van der Waals surface area contributed by atoms with Crippen LogP contribution in [0.2, 0.25) is 0 Å². The number of hydrogen-bond acceptors (Lipinski definition) is 3. The lowest BCUT2D eigenvalue weighted by Gasteiger charge is -2.24. The van der Waals surface area contributed by atoms with Gasteiger partial charge in [-0.05, 0) is 38.6 Å².